The molecule has 0 radical (unpaired) electrons. The molecule has 2 unspecified atom stereocenters. The summed E-state index contributed by atoms with van der Waals surface area (Å²) in [5.41, 5.74) is 1.92. The number of piperazine rings is 1. The minimum absolute atomic E-state index is 0.000473. The summed E-state index contributed by atoms with van der Waals surface area (Å²) >= 11 is 5.88. The predicted octanol–water partition coefficient (Wildman–Crippen LogP) is 4.81. The van der Waals surface area contributed by atoms with E-state index in [-0.39, 0.29) is 36.5 Å². The zero-order valence-electron chi connectivity index (χ0n) is 20.9. The number of fused-ring (bicyclic) bond motifs is 2. The number of ether oxygens (including phenoxy) is 1. The molecule has 2 atom stereocenters. The maximum absolute atomic E-state index is 13.0. The van der Waals surface area contributed by atoms with Crippen molar-refractivity contribution in [1.82, 2.24) is 15.1 Å². The zero-order valence-corrected chi connectivity index (χ0v) is 21.7. The van der Waals surface area contributed by atoms with E-state index in [1.54, 1.807) is 24.3 Å². The summed E-state index contributed by atoms with van der Waals surface area (Å²) in [7, 11) is 0. The van der Waals surface area contributed by atoms with Crippen LogP contribution in [0.5, 0.6) is 0 Å². The van der Waals surface area contributed by atoms with Gasteiger partial charge in [-0.25, -0.2) is 9.59 Å². The van der Waals surface area contributed by atoms with Crippen molar-refractivity contribution in [3.05, 3.63) is 64.7 Å². The Bertz CT molecular complexity index is 1080. The molecule has 0 aliphatic carbocycles. The van der Waals surface area contributed by atoms with Crippen molar-refractivity contribution in [3.8, 4) is 0 Å². The SMILES string of the molecule is CC(C)(C)OC(=O)N1C2CCC1CN(C(=O)Cc1ccc(NC(=O)NCc3ccc(Cl)cc3)cc1)C2. The van der Waals surface area contributed by atoms with Gasteiger partial charge in [-0.05, 0) is 69.0 Å². The molecule has 2 fully saturated rings. The Morgan fingerprint density at radius 1 is 0.944 bits per heavy atom. The van der Waals surface area contributed by atoms with Crippen LogP contribution in [0, 0.1) is 0 Å². The summed E-state index contributed by atoms with van der Waals surface area (Å²) in [6.07, 6.45) is 1.75. The highest BCUT2D eigenvalue weighted by molar-refractivity contribution is 6.30. The third-order valence-electron chi connectivity index (χ3n) is 6.37. The molecule has 192 valence electrons. The van der Waals surface area contributed by atoms with Gasteiger partial charge in [0.05, 0.1) is 18.5 Å². The molecular weight excluding hydrogens is 480 g/mol. The number of nitrogens with zero attached hydrogens (tertiary/aromatic N) is 2. The monoisotopic (exact) mass is 512 g/mol. The van der Waals surface area contributed by atoms with Crippen LogP contribution in [0.4, 0.5) is 15.3 Å². The number of halogens is 1. The molecule has 2 aliphatic heterocycles. The van der Waals surface area contributed by atoms with Gasteiger partial charge in [-0.15, -0.1) is 0 Å². The first-order chi connectivity index (χ1) is 17.1. The lowest BCUT2D eigenvalue weighted by atomic mass is 10.1. The molecule has 2 heterocycles. The van der Waals surface area contributed by atoms with Crippen LogP contribution in [0.2, 0.25) is 5.02 Å². The average molecular weight is 513 g/mol. The van der Waals surface area contributed by atoms with Crippen molar-refractivity contribution < 1.29 is 19.1 Å². The van der Waals surface area contributed by atoms with Crippen LogP contribution < -0.4 is 10.6 Å². The maximum Gasteiger partial charge on any atom is 0.410 e. The number of anilines is 1. The van der Waals surface area contributed by atoms with E-state index in [0.717, 1.165) is 24.0 Å². The molecule has 2 saturated heterocycles. The molecule has 0 saturated carbocycles. The summed E-state index contributed by atoms with van der Waals surface area (Å²) in [6, 6.07) is 14.2. The van der Waals surface area contributed by atoms with E-state index in [9.17, 15) is 14.4 Å². The quantitative estimate of drug-likeness (QED) is 0.601. The van der Waals surface area contributed by atoms with E-state index in [2.05, 4.69) is 10.6 Å². The van der Waals surface area contributed by atoms with Gasteiger partial charge in [-0.2, -0.15) is 0 Å². The normalized spacial score (nSPS) is 19.1. The van der Waals surface area contributed by atoms with Crippen LogP contribution >= 0.6 is 11.6 Å². The topological polar surface area (TPSA) is 91.0 Å². The van der Waals surface area contributed by atoms with Gasteiger partial charge >= 0.3 is 12.1 Å². The largest absolute Gasteiger partial charge is 0.444 e. The van der Waals surface area contributed by atoms with Gasteiger partial charge in [0.25, 0.3) is 0 Å². The lowest BCUT2D eigenvalue weighted by molar-refractivity contribution is -0.133. The first kappa shape index (κ1) is 25.8. The smallest absolute Gasteiger partial charge is 0.410 e. The summed E-state index contributed by atoms with van der Waals surface area (Å²) in [6.45, 7) is 7.03. The second kappa shape index (κ2) is 10.8. The molecule has 8 nitrogen and oxygen atoms in total. The highest BCUT2D eigenvalue weighted by atomic mass is 35.5. The average Bonchev–Trinajstić information content (AvgIpc) is 3.08. The van der Waals surface area contributed by atoms with Gasteiger partial charge in [0, 0.05) is 30.3 Å². The number of hydrogen-bond acceptors (Lipinski definition) is 4. The minimum atomic E-state index is -0.540. The molecule has 4 rings (SSSR count). The number of amides is 4. The molecule has 2 aliphatic rings. The molecule has 4 amide bonds. The Hall–Kier alpha value is -3.26. The first-order valence-corrected chi connectivity index (χ1v) is 12.6. The van der Waals surface area contributed by atoms with Crippen LogP contribution in [0.1, 0.15) is 44.7 Å². The molecule has 36 heavy (non-hydrogen) atoms. The van der Waals surface area contributed by atoms with Crippen molar-refractivity contribution in [3.63, 3.8) is 0 Å². The van der Waals surface area contributed by atoms with Crippen molar-refractivity contribution in [2.24, 2.45) is 0 Å². The zero-order chi connectivity index (χ0) is 25.9. The standard InChI is InChI=1S/C27H33ClN4O4/c1-27(2,3)36-26(35)32-22-12-13-23(32)17-31(16-22)24(33)14-18-6-10-21(11-7-18)30-25(34)29-15-19-4-8-20(28)9-5-19/h4-11,22-23H,12-17H2,1-3H3,(H2,29,30,34). The highest BCUT2D eigenvalue weighted by Crippen LogP contribution is 2.32. The highest BCUT2D eigenvalue weighted by Gasteiger charge is 2.45. The Kier molecular flexibility index (Phi) is 7.73. The Balaban J connectivity index is 1.25. The fourth-order valence-electron chi connectivity index (χ4n) is 4.67. The van der Waals surface area contributed by atoms with Crippen LogP contribution in [0.15, 0.2) is 48.5 Å². The molecule has 0 spiro atoms. The number of nitrogens with one attached hydrogen (secondary N) is 2. The number of urea groups is 1. The molecule has 2 aromatic carbocycles. The lowest BCUT2D eigenvalue weighted by Gasteiger charge is -2.41. The first-order valence-electron chi connectivity index (χ1n) is 12.2. The van der Waals surface area contributed by atoms with E-state index in [0.29, 0.717) is 30.3 Å². The fraction of sp³-hybridized carbons (Fsp3) is 0.444. The molecule has 2 bridgehead atoms. The Labute approximate surface area is 216 Å². The number of rotatable bonds is 5. The molecule has 2 N–H and O–H groups in total. The van der Waals surface area contributed by atoms with Gasteiger partial charge in [0.1, 0.15) is 5.60 Å². The predicted molar refractivity (Wildman–Crippen MR) is 139 cm³/mol. The third kappa shape index (κ3) is 6.69. The van der Waals surface area contributed by atoms with Crippen LogP contribution in [-0.4, -0.2) is 58.6 Å². The van der Waals surface area contributed by atoms with Gasteiger partial charge < -0.3 is 20.3 Å². The number of carbonyl (C=O) groups is 3. The van der Waals surface area contributed by atoms with Crippen molar-refractivity contribution in [1.29, 1.82) is 0 Å². The van der Waals surface area contributed by atoms with E-state index in [4.69, 9.17) is 16.3 Å². The van der Waals surface area contributed by atoms with E-state index in [1.165, 1.54) is 0 Å². The maximum atomic E-state index is 13.0. The molecular formula is C27H33ClN4O4. The van der Waals surface area contributed by atoms with E-state index >= 15 is 0 Å². The number of likely N-dealkylation sites (tertiary alicyclic amines) is 1. The van der Waals surface area contributed by atoms with Crippen LogP contribution in [0.25, 0.3) is 0 Å². The second-order valence-electron chi connectivity index (χ2n) is 10.4. The van der Waals surface area contributed by atoms with E-state index in [1.807, 2.05) is 54.8 Å². The van der Waals surface area contributed by atoms with Gasteiger partial charge in [0.15, 0.2) is 0 Å². The van der Waals surface area contributed by atoms with Crippen LogP contribution in [-0.2, 0) is 22.5 Å². The van der Waals surface area contributed by atoms with Gasteiger partial charge in [-0.3, -0.25) is 9.69 Å². The minimum Gasteiger partial charge on any atom is -0.444 e. The van der Waals surface area contributed by atoms with Crippen molar-refractivity contribution >= 4 is 35.3 Å². The number of hydrogen-bond donors (Lipinski definition) is 2. The Morgan fingerprint density at radius 3 is 2.11 bits per heavy atom. The third-order valence-corrected chi connectivity index (χ3v) is 6.62. The number of carbonyl (C=O) groups excluding carboxylic acids is 3. The summed E-state index contributed by atoms with van der Waals surface area (Å²) < 4.78 is 5.57. The van der Waals surface area contributed by atoms with Gasteiger partial charge in [0.2, 0.25) is 5.91 Å². The summed E-state index contributed by atoms with van der Waals surface area (Å²) in [5, 5.41) is 6.25. The lowest BCUT2D eigenvalue weighted by Crippen LogP contribution is -2.58. The molecule has 2 aromatic rings. The summed E-state index contributed by atoms with van der Waals surface area (Å²) in [4.78, 5) is 41.5. The van der Waals surface area contributed by atoms with E-state index < -0.39 is 5.60 Å². The molecule has 9 heteroatoms. The second-order valence-corrected chi connectivity index (χ2v) is 10.8. The van der Waals surface area contributed by atoms with Crippen LogP contribution in [0.3, 0.4) is 0 Å². The van der Waals surface area contributed by atoms with Gasteiger partial charge in [-0.1, -0.05) is 35.9 Å². The van der Waals surface area contributed by atoms with Crippen molar-refractivity contribution in [2.45, 2.75) is 64.3 Å². The number of benzene rings is 2. The summed E-state index contributed by atoms with van der Waals surface area (Å²) in [5.74, 6) is 0.0390. The van der Waals surface area contributed by atoms with Crippen molar-refractivity contribution in [2.75, 3.05) is 18.4 Å². The Morgan fingerprint density at radius 2 is 1.53 bits per heavy atom. The molecule has 0 aromatic heterocycles. The fourth-order valence-corrected chi connectivity index (χ4v) is 4.80.